The summed E-state index contributed by atoms with van der Waals surface area (Å²) in [5, 5.41) is 9.24. The summed E-state index contributed by atoms with van der Waals surface area (Å²) >= 11 is 0. The van der Waals surface area contributed by atoms with Crippen molar-refractivity contribution in [2.75, 3.05) is 31.6 Å². The molecule has 1 aliphatic heterocycles. The molecule has 0 radical (unpaired) electrons. The zero-order valence-electron chi connectivity index (χ0n) is 16.1. The van der Waals surface area contributed by atoms with E-state index in [-0.39, 0.29) is 10.8 Å². The molecule has 28 heavy (non-hydrogen) atoms. The number of aryl methyl sites for hydroxylation is 1. The molecule has 2 heterocycles. The van der Waals surface area contributed by atoms with Crippen LogP contribution in [0.2, 0.25) is 0 Å². The topological polar surface area (TPSA) is 95.3 Å². The summed E-state index contributed by atoms with van der Waals surface area (Å²) in [4.78, 5) is 6.70. The molecule has 0 bridgehead atoms. The number of pyridine rings is 1. The molecule has 1 aromatic carbocycles. The number of nitrogens with zero attached hydrogens (tertiary/aromatic N) is 3. The van der Waals surface area contributed by atoms with Crippen molar-refractivity contribution in [3.05, 3.63) is 47.7 Å². The molecule has 7 nitrogen and oxygen atoms in total. The monoisotopic (exact) mass is 400 g/mol. The van der Waals surface area contributed by atoms with Crippen molar-refractivity contribution in [1.29, 1.82) is 5.26 Å². The number of anilines is 1. The first-order chi connectivity index (χ1) is 13.4. The Kier molecular flexibility index (Phi) is 6.17. The quantitative estimate of drug-likeness (QED) is 0.800. The Labute approximate surface area is 166 Å². The predicted molar refractivity (Wildman–Crippen MR) is 107 cm³/mol. The van der Waals surface area contributed by atoms with Gasteiger partial charge in [0.15, 0.2) is 0 Å². The Morgan fingerprint density at radius 3 is 2.71 bits per heavy atom. The maximum Gasteiger partial charge on any atom is 0.240 e. The summed E-state index contributed by atoms with van der Waals surface area (Å²) < 4.78 is 33.2. The Hall–Kier alpha value is -2.63. The number of ether oxygens (including phenoxy) is 1. The summed E-state index contributed by atoms with van der Waals surface area (Å²) in [5.74, 6) is 1.59. The van der Waals surface area contributed by atoms with Crippen molar-refractivity contribution in [3.8, 4) is 11.8 Å². The molecule has 0 atom stereocenters. The lowest BCUT2D eigenvalue weighted by molar-refractivity contribution is 0.400. The second-order valence-electron chi connectivity index (χ2n) is 6.90. The highest BCUT2D eigenvalue weighted by Gasteiger charge is 2.24. The Balaban J connectivity index is 1.59. The van der Waals surface area contributed by atoms with Gasteiger partial charge >= 0.3 is 0 Å². The highest BCUT2D eigenvalue weighted by molar-refractivity contribution is 7.89. The third kappa shape index (κ3) is 4.43. The molecule has 1 aromatic heterocycles. The van der Waals surface area contributed by atoms with E-state index in [0.29, 0.717) is 29.2 Å². The summed E-state index contributed by atoms with van der Waals surface area (Å²) in [5.41, 5.74) is 1.22. The molecule has 3 rings (SSSR count). The van der Waals surface area contributed by atoms with Crippen LogP contribution in [0, 0.1) is 24.2 Å². The average Bonchev–Trinajstić information content (AvgIpc) is 2.72. The molecule has 1 N–H and O–H groups in total. The van der Waals surface area contributed by atoms with Crippen molar-refractivity contribution in [1.82, 2.24) is 9.71 Å². The van der Waals surface area contributed by atoms with Crippen LogP contribution >= 0.6 is 0 Å². The largest absolute Gasteiger partial charge is 0.497 e. The van der Waals surface area contributed by atoms with Gasteiger partial charge in [0.1, 0.15) is 17.6 Å². The number of rotatable bonds is 6. The van der Waals surface area contributed by atoms with Crippen LogP contribution in [0.25, 0.3) is 0 Å². The Bertz CT molecular complexity index is 977. The van der Waals surface area contributed by atoms with Gasteiger partial charge in [0, 0.05) is 25.8 Å². The maximum atomic E-state index is 12.7. The fourth-order valence-electron chi connectivity index (χ4n) is 3.44. The molecule has 8 heteroatoms. The molecule has 0 saturated carbocycles. The average molecular weight is 401 g/mol. The number of piperidine rings is 1. The van der Waals surface area contributed by atoms with E-state index in [1.165, 1.54) is 0 Å². The Morgan fingerprint density at radius 2 is 2.07 bits per heavy atom. The lowest BCUT2D eigenvalue weighted by Crippen LogP contribution is -2.39. The minimum Gasteiger partial charge on any atom is -0.497 e. The minimum absolute atomic E-state index is 0.249. The second kappa shape index (κ2) is 8.59. The molecule has 1 fully saturated rings. The molecule has 148 valence electrons. The van der Waals surface area contributed by atoms with Crippen molar-refractivity contribution in [2.45, 2.75) is 24.7 Å². The van der Waals surface area contributed by atoms with E-state index in [1.54, 1.807) is 50.6 Å². The van der Waals surface area contributed by atoms with Gasteiger partial charge < -0.3 is 9.64 Å². The number of aromatic nitrogens is 1. The minimum atomic E-state index is -3.57. The van der Waals surface area contributed by atoms with E-state index in [0.717, 1.165) is 25.9 Å². The van der Waals surface area contributed by atoms with Gasteiger partial charge in [0.05, 0.1) is 17.6 Å². The van der Waals surface area contributed by atoms with Gasteiger partial charge in [-0.25, -0.2) is 18.1 Å². The Morgan fingerprint density at radius 1 is 1.32 bits per heavy atom. The smallest absolute Gasteiger partial charge is 0.240 e. The summed E-state index contributed by atoms with van der Waals surface area (Å²) in [6, 6.07) is 10.6. The summed E-state index contributed by atoms with van der Waals surface area (Å²) in [7, 11) is -2.01. The maximum absolute atomic E-state index is 12.7. The van der Waals surface area contributed by atoms with Crippen LogP contribution < -0.4 is 14.4 Å². The van der Waals surface area contributed by atoms with Gasteiger partial charge in [0.25, 0.3) is 0 Å². The van der Waals surface area contributed by atoms with E-state index in [1.807, 2.05) is 0 Å². The third-order valence-corrected chi connectivity index (χ3v) is 6.64. The van der Waals surface area contributed by atoms with Gasteiger partial charge in [-0.3, -0.25) is 0 Å². The van der Waals surface area contributed by atoms with Gasteiger partial charge in [-0.05, 0) is 61.6 Å². The number of nitrogens with one attached hydrogen (secondary N) is 1. The molecule has 0 aliphatic carbocycles. The highest BCUT2D eigenvalue weighted by atomic mass is 32.2. The SMILES string of the molecule is COc1ccc(S(=O)(=O)NCC2CCN(c3ncccc3C#N)CC2)c(C)c1. The van der Waals surface area contributed by atoms with E-state index in [9.17, 15) is 13.7 Å². The number of nitriles is 1. The van der Waals surface area contributed by atoms with E-state index in [4.69, 9.17) is 4.74 Å². The van der Waals surface area contributed by atoms with Crippen molar-refractivity contribution in [3.63, 3.8) is 0 Å². The summed E-state index contributed by atoms with van der Waals surface area (Å²) in [6.45, 7) is 3.66. The van der Waals surface area contributed by atoms with E-state index in [2.05, 4.69) is 20.7 Å². The first kappa shape index (κ1) is 20.1. The normalized spacial score (nSPS) is 15.2. The van der Waals surface area contributed by atoms with E-state index < -0.39 is 10.0 Å². The fourth-order valence-corrected chi connectivity index (χ4v) is 4.78. The molecular weight excluding hydrogens is 376 g/mol. The molecule has 1 aliphatic rings. The molecule has 2 aromatic rings. The fraction of sp³-hybridized carbons (Fsp3) is 0.400. The predicted octanol–water partition coefficient (Wildman–Crippen LogP) is 2.47. The molecule has 0 amide bonds. The number of methoxy groups -OCH3 is 1. The highest BCUT2D eigenvalue weighted by Crippen LogP contribution is 2.25. The first-order valence-corrected chi connectivity index (χ1v) is 10.7. The van der Waals surface area contributed by atoms with Crippen LogP contribution in [0.4, 0.5) is 5.82 Å². The summed E-state index contributed by atoms with van der Waals surface area (Å²) in [6.07, 6.45) is 3.37. The van der Waals surface area contributed by atoms with Crippen LogP contribution in [-0.2, 0) is 10.0 Å². The van der Waals surface area contributed by atoms with Crippen molar-refractivity contribution in [2.24, 2.45) is 5.92 Å². The van der Waals surface area contributed by atoms with Gasteiger partial charge in [-0.1, -0.05) is 0 Å². The molecule has 0 unspecified atom stereocenters. The number of hydrogen-bond acceptors (Lipinski definition) is 6. The molecule has 0 spiro atoms. The third-order valence-electron chi connectivity index (χ3n) is 5.05. The van der Waals surface area contributed by atoms with Crippen LogP contribution in [-0.4, -0.2) is 40.1 Å². The van der Waals surface area contributed by atoms with E-state index >= 15 is 0 Å². The zero-order valence-corrected chi connectivity index (χ0v) is 16.9. The van der Waals surface area contributed by atoms with Crippen LogP contribution in [0.5, 0.6) is 5.75 Å². The van der Waals surface area contributed by atoms with Crippen LogP contribution in [0.3, 0.4) is 0 Å². The number of sulfonamides is 1. The zero-order chi connectivity index (χ0) is 20.1. The standard InChI is InChI=1S/C20H24N4O3S/c1-15-12-18(27-2)5-6-19(15)28(25,26)23-14-16-7-10-24(11-8-16)20-17(13-21)4-3-9-22-20/h3-6,9,12,16,23H,7-8,10-11,14H2,1-2H3. The van der Waals surface area contributed by atoms with Gasteiger partial charge in [-0.15, -0.1) is 0 Å². The molecular formula is C20H24N4O3S. The van der Waals surface area contributed by atoms with Crippen LogP contribution in [0.1, 0.15) is 24.0 Å². The van der Waals surface area contributed by atoms with Gasteiger partial charge in [-0.2, -0.15) is 5.26 Å². The van der Waals surface area contributed by atoms with Crippen molar-refractivity contribution < 1.29 is 13.2 Å². The van der Waals surface area contributed by atoms with Gasteiger partial charge in [0.2, 0.25) is 10.0 Å². The number of benzene rings is 1. The molecule has 1 saturated heterocycles. The number of hydrogen-bond donors (Lipinski definition) is 1. The second-order valence-corrected chi connectivity index (χ2v) is 8.64. The van der Waals surface area contributed by atoms with Crippen molar-refractivity contribution >= 4 is 15.8 Å². The first-order valence-electron chi connectivity index (χ1n) is 9.19. The van der Waals surface area contributed by atoms with Crippen LogP contribution in [0.15, 0.2) is 41.4 Å². The lowest BCUT2D eigenvalue weighted by atomic mass is 9.97. The lowest BCUT2D eigenvalue weighted by Gasteiger charge is -2.33.